The Bertz CT molecular complexity index is 711. The number of H-pyrrole nitrogens is 1. The number of nitrogens with two attached hydrogens (primary N) is 1. The second-order valence-corrected chi connectivity index (χ2v) is 5.91. The fraction of sp³-hybridized carbons (Fsp3) is 0.353. The molecule has 0 bridgehead atoms. The first-order valence-electron chi connectivity index (χ1n) is 8.04. The second-order valence-electron chi connectivity index (χ2n) is 5.91. The second kappa shape index (κ2) is 6.84. The van der Waals surface area contributed by atoms with Crippen molar-refractivity contribution in [2.45, 2.75) is 25.4 Å². The zero-order valence-electron chi connectivity index (χ0n) is 13.5. The van der Waals surface area contributed by atoms with E-state index in [0.717, 1.165) is 11.3 Å². The summed E-state index contributed by atoms with van der Waals surface area (Å²) in [5, 5.41) is 9.57. The third-order valence-electron chi connectivity index (χ3n) is 4.19. The van der Waals surface area contributed by atoms with Crippen LogP contribution in [0.5, 0.6) is 0 Å². The Labute approximate surface area is 140 Å². The molecule has 0 radical (unpaired) electrons. The number of nitrogens with one attached hydrogen (secondary N) is 2. The van der Waals surface area contributed by atoms with E-state index < -0.39 is 6.04 Å². The monoisotopic (exact) mass is 327 g/mol. The van der Waals surface area contributed by atoms with Gasteiger partial charge in [0.05, 0.1) is 5.69 Å². The lowest BCUT2D eigenvalue weighted by Crippen LogP contribution is -2.45. The van der Waals surface area contributed by atoms with Gasteiger partial charge in [-0.3, -0.25) is 14.7 Å². The first kappa shape index (κ1) is 16.2. The van der Waals surface area contributed by atoms with Crippen LogP contribution in [0.4, 0.5) is 0 Å². The summed E-state index contributed by atoms with van der Waals surface area (Å²) in [7, 11) is 0. The lowest BCUT2D eigenvalue weighted by Gasteiger charge is -2.23. The molecule has 7 nitrogen and oxygen atoms in total. The van der Waals surface area contributed by atoms with E-state index >= 15 is 0 Å². The van der Waals surface area contributed by atoms with Crippen molar-refractivity contribution in [1.29, 1.82) is 0 Å². The molecule has 2 aromatic rings. The summed E-state index contributed by atoms with van der Waals surface area (Å²) in [5.41, 5.74) is 8.35. The number of likely N-dealkylation sites (N-methyl/N-ethyl adjacent to an activating group) is 1. The minimum Gasteiger partial charge on any atom is -0.355 e. The highest BCUT2D eigenvalue weighted by atomic mass is 16.2. The van der Waals surface area contributed by atoms with E-state index in [1.165, 1.54) is 0 Å². The van der Waals surface area contributed by atoms with Crippen molar-refractivity contribution >= 4 is 11.8 Å². The Morgan fingerprint density at radius 2 is 2.08 bits per heavy atom. The van der Waals surface area contributed by atoms with Gasteiger partial charge in [0.1, 0.15) is 6.04 Å². The zero-order chi connectivity index (χ0) is 17.1. The lowest BCUT2D eigenvalue weighted by atomic mass is 10.1. The van der Waals surface area contributed by atoms with Gasteiger partial charge in [0.2, 0.25) is 5.91 Å². The van der Waals surface area contributed by atoms with E-state index in [9.17, 15) is 9.59 Å². The summed E-state index contributed by atoms with van der Waals surface area (Å²) in [6, 6.07) is 8.43. The molecule has 126 valence electrons. The molecule has 1 aromatic heterocycles. The fourth-order valence-electron chi connectivity index (χ4n) is 3.01. The molecule has 3 rings (SSSR count). The highest BCUT2D eigenvalue weighted by Crippen LogP contribution is 2.22. The molecular weight excluding hydrogens is 306 g/mol. The number of rotatable bonds is 4. The smallest absolute Gasteiger partial charge is 0.254 e. The highest BCUT2D eigenvalue weighted by molar-refractivity contribution is 5.98. The normalized spacial score (nSPS) is 20.2. The van der Waals surface area contributed by atoms with Crippen LogP contribution in [0.25, 0.3) is 11.3 Å². The molecule has 2 amide bonds. The maximum Gasteiger partial charge on any atom is 0.254 e. The molecule has 4 N–H and O–H groups in total. The average Bonchev–Trinajstić information content (AvgIpc) is 3.24. The summed E-state index contributed by atoms with van der Waals surface area (Å²) >= 11 is 0. The number of benzene rings is 1. The van der Waals surface area contributed by atoms with Crippen LogP contribution in [-0.4, -0.2) is 52.1 Å². The molecule has 1 aliphatic rings. The summed E-state index contributed by atoms with van der Waals surface area (Å²) in [6.07, 6.45) is 2.17. The Hall–Kier alpha value is -2.67. The number of carbonyl (C=O) groups excluding carboxylic acids is 2. The first-order chi connectivity index (χ1) is 11.6. The summed E-state index contributed by atoms with van der Waals surface area (Å²) in [5.74, 6) is -0.316. The molecule has 0 saturated carbocycles. The number of aromatic amines is 1. The van der Waals surface area contributed by atoms with Crippen LogP contribution in [0.2, 0.25) is 0 Å². The van der Waals surface area contributed by atoms with Gasteiger partial charge < -0.3 is 16.0 Å². The standard InChI is InChI=1S/C17H21N5O2/c1-2-19-16(23)15-9-13(18)10-22(15)17(24)12-5-3-11(4-6-12)14-7-8-20-21-14/h3-8,13,15H,2,9-10,18H2,1H3,(H,19,23)(H,20,21)/t13-,15-/m0/s1. The summed E-state index contributed by atoms with van der Waals surface area (Å²) < 4.78 is 0. The molecule has 1 aliphatic heterocycles. The van der Waals surface area contributed by atoms with Crippen LogP contribution in [-0.2, 0) is 4.79 Å². The van der Waals surface area contributed by atoms with Crippen LogP contribution >= 0.6 is 0 Å². The minimum atomic E-state index is -0.500. The van der Waals surface area contributed by atoms with E-state index in [4.69, 9.17) is 5.73 Å². The van der Waals surface area contributed by atoms with Crippen LogP contribution in [0.1, 0.15) is 23.7 Å². The van der Waals surface area contributed by atoms with Crippen molar-refractivity contribution in [3.63, 3.8) is 0 Å². The van der Waals surface area contributed by atoms with Gasteiger partial charge in [-0.05, 0) is 37.1 Å². The quantitative estimate of drug-likeness (QED) is 0.771. The average molecular weight is 327 g/mol. The molecule has 1 aromatic carbocycles. The molecule has 7 heteroatoms. The van der Waals surface area contributed by atoms with Crippen molar-refractivity contribution < 1.29 is 9.59 Å². The van der Waals surface area contributed by atoms with E-state index in [1.807, 2.05) is 25.1 Å². The van der Waals surface area contributed by atoms with Crippen LogP contribution in [0, 0.1) is 0 Å². The van der Waals surface area contributed by atoms with Crippen molar-refractivity contribution in [1.82, 2.24) is 20.4 Å². The predicted molar refractivity (Wildman–Crippen MR) is 90.1 cm³/mol. The van der Waals surface area contributed by atoms with Gasteiger partial charge in [-0.1, -0.05) is 12.1 Å². The number of amides is 2. The van der Waals surface area contributed by atoms with E-state index in [1.54, 1.807) is 23.2 Å². The van der Waals surface area contributed by atoms with Gasteiger partial charge >= 0.3 is 0 Å². The minimum absolute atomic E-state index is 0.145. The van der Waals surface area contributed by atoms with Crippen LogP contribution in [0.3, 0.4) is 0 Å². The van der Waals surface area contributed by atoms with Crippen molar-refractivity contribution in [3.05, 3.63) is 42.1 Å². The number of aromatic nitrogens is 2. The predicted octanol–water partition coefficient (Wildman–Crippen LogP) is 0.755. The van der Waals surface area contributed by atoms with Crippen molar-refractivity contribution in [2.24, 2.45) is 5.73 Å². The molecule has 2 atom stereocenters. The molecule has 24 heavy (non-hydrogen) atoms. The number of likely N-dealkylation sites (tertiary alicyclic amines) is 1. The zero-order valence-corrected chi connectivity index (χ0v) is 13.5. The number of hydrogen-bond donors (Lipinski definition) is 3. The van der Waals surface area contributed by atoms with E-state index in [0.29, 0.717) is 25.1 Å². The SMILES string of the molecule is CCNC(=O)[C@@H]1C[C@H](N)CN1C(=O)c1ccc(-c2ccn[nH]2)cc1. The molecule has 1 saturated heterocycles. The third kappa shape index (κ3) is 3.16. The maximum atomic E-state index is 12.8. The number of nitrogens with zero attached hydrogens (tertiary/aromatic N) is 2. The Balaban J connectivity index is 1.78. The molecule has 0 aliphatic carbocycles. The summed E-state index contributed by atoms with van der Waals surface area (Å²) in [6.45, 7) is 2.78. The van der Waals surface area contributed by atoms with Gasteiger partial charge in [0.25, 0.3) is 5.91 Å². The third-order valence-corrected chi connectivity index (χ3v) is 4.19. The molecule has 0 spiro atoms. The largest absolute Gasteiger partial charge is 0.355 e. The van der Waals surface area contributed by atoms with E-state index in [-0.39, 0.29) is 17.9 Å². The van der Waals surface area contributed by atoms with Gasteiger partial charge in [0, 0.05) is 30.9 Å². The Morgan fingerprint density at radius 1 is 1.33 bits per heavy atom. The molecule has 0 unspecified atom stereocenters. The Kier molecular flexibility index (Phi) is 4.61. The Morgan fingerprint density at radius 3 is 2.71 bits per heavy atom. The van der Waals surface area contributed by atoms with Crippen LogP contribution in [0.15, 0.2) is 36.5 Å². The maximum absolute atomic E-state index is 12.8. The van der Waals surface area contributed by atoms with E-state index in [2.05, 4.69) is 15.5 Å². The fourth-order valence-corrected chi connectivity index (χ4v) is 3.01. The topological polar surface area (TPSA) is 104 Å². The summed E-state index contributed by atoms with van der Waals surface area (Å²) in [4.78, 5) is 26.5. The van der Waals surface area contributed by atoms with Gasteiger partial charge in [-0.2, -0.15) is 5.10 Å². The lowest BCUT2D eigenvalue weighted by molar-refractivity contribution is -0.124. The first-order valence-corrected chi connectivity index (χ1v) is 8.04. The number of carbonyl (C=O) groups is 2. The van der Waals surface area contributed by atoms with Gasteiger partial charge in [-0.15, -0.1) is 0 Å². The molecular formula is C17H21N5O2. The highest BCUT2D eigenvalue weighted by Gasteiger charge is 2.38. The molecule has 1 fully saturated rings. The van der Waals surface area contributed by atoms with Crippen LogP contribution < -0.4 is 11.1 Å². The van der Waals surface area contributed by atoms with Crippen molar-refractivity contribution in [2.75, 3.05) is 13.1 Å². The van der Waals surface area contributed by atoms with Gasteiger partial charge in [0.15, 0.2) is 0 Å². The van der Waals surface area contributed by atoms with Gasteiger partial charge in [-0.25, -0.2) is 0 Å². The van der Waals surface area contributed by atoms with Crippen molar-refractivity contribution in [3.8, 4) is 11.3 Å². The molecule has 2 heterocycles. The number of hydrogen-bond acceptors (Lipinski definition) is 4.